The van der Waals surface area contributed by atoms with E-state index >= 15 is 0 Å². The molecular weight excluding hydrogens is 352 g/mol. The van der Waals surface area contributed by atoms with Crippen molar-refractivity contribution >= 4 is 29.0 Å². The third kappa shape index (κ3) is 5.08. The van der Waals surface area contributed by atoms with E-state index in [-0.39, 0.29) is 11.7 Å². The van der Waals surface area contributed by atoms with Crippen molar-refractivity contribution in [3.63, 3.8) is 0 Å². The van der Waals surface area contributed by atoms with Crippen LogP contribution < -0.4 is 5.32 Å². The van der Waals surface area contributed by atoms with E-state index in [4.69, 9.17) is 0 Å². The average Bonchev–Trinajstić information content (AvgIpc) is 3.14. The minimum absolute atomic E-state index is 0.0819. The van der Waals surface area contributed by atoms with Gasteiger partial charge in [0, 0.05) is 22.6 Å². The number of aromatic nitrogens is 1. The Labute approximate surface area is 154 Å². The fourth-order valence-electron chi connectivity index (χ4n) is 2.37. The average molecular weight is 370 g/mol. The van der Waals surface area contributed by atoms with Gasteiger partial charge in [0.25, 0.3) is 5.91 Å². The molecule has 3 aromatic rings. The van der Waals surface area contributed by atoms with Crippen LogP contribution in [-0.4, -0.2) is 22.5 Å². The molecule has 0 aliphatic heterocycles. The number of nitrogens with one attached hydrogen (secondary N) is 1. The van der Waals surface area contributed by atoms with Crippen molar-refractivity contribution in [3.05, 3.63) is 76.2 Å². The van der Waals surface area contributed by atoms with Gasteiger partial charge in [0.1, 0.15) is 5.75 Å². The number of carbonyl (C=O) groups is 1. The number of benzene rings is 2. The highest BCUT2D eigenvalue weighted by Crippen LogP contribution is 2.26. The summed E-state index contributed by atoms with van der Waals surface area (Å²) in [5.41, 5.74) is 4.51. The highest BCUT2D eigenvalue weighted by Gasteiger charge is 2.11. The van der Waals surface area contributed by atoms with Crippen molar-refractivity contribution < 1.29 is 9.90 Å². The van der Waals surface area contributed by atoms with Gasteiger partial charge in [-0.05, 0) is 36.2 Å². The van der Waals surface area contributed by atoms with Gasteiger partial charge in [0.2, 0.25) is 0 Å². The molecule has 2 aromatic carbocycles. The topological polar surface area (TPSA) is 62.2 Å². The molecule has 128 valence electrons. The molecule has 0 fully saturated rings. The summed E-state index contributed by atoms with van der Waals surface area (Å²) in [6.07, 6.45) is 0.675. The lowest BCUT2D eigenvalue weighted by Crippen LogP contribution is -2.26. The van der Waals surface area contributed by atoms with Gasteiger partial charge < -0.3 is 10.4 Å². The predicted molar refractivity (Wildman–Crippen MR) is 102 cm³/mol. The number of phenolic OH excluding ortho intramolecular Hbond substituents is 1. The van der Waals surface area contributed by atoms with E-state index < -0.39 is 0 Å². The molecule has 6 heteroatoms. The number of thioether (sulfide) groups is 1. The Balaban J connectivity index is 1.58. The molecular formula is C19H18N2O2S2. The number of aromatic hydroxyl groups is 1. The number of rotatable bonds is 7. The maximum atomic E-state index is 12.5. The number of phenols is 1. The van der Waals surface area contributed by atoms with Crippen LogP contribution in [0.1, 0.15) is 21.6 Å². The van der Waals surface area contributed by atoms with Crippen LogP contribution in [0.15, 0.2) is 64.3 Å². The molecule has 0 spiro atoms. The minimum atomic E-state index is -0.0819. The zero-order valence-corrected chi connectivity index (χ0v) is 15.1. The highest BCUT2D eigenvalue weighted by atomic mass is 32.2. The fraction of sp³-hybridized carbons (Fsp3) is 0.158. The van der Waals surface area contributed by atoms with Crippen molar-refractivity contribution in [2.24, 2.45) is 0 Å². The Bertz CT molecular complexity index is 835. The minimum Gasteiger partial charge on any atom is -0.508 e. The van der Waals surface area contributed by atoms with Gasteiger partial charge in [0.05, 0.1) is 16.8 Å². The van der Waals surface area contributed by atoms with Gasteiger partial charge in [-0.15, -0.1) is 23.1 Å². The van der Waals surface area contributed by atoms with Crippen LogP contribution >= 0.6 is 23.1 Å². The standard InChI is InChI=1S/C19H18N2O2S2/c22-16-5-3-4-14(10-16)8-9-20-19(23)17-6-1-2-7-18(17)25-12-15-11-24-13-21-15/h1-7,10-11,13,22H,8-9,12H2,(H,20,23). The van der Waals surface area contributed by atoms with Crippen LogP contribution in [0.3, 0.4) is 0 Å². The number of nitrogens with zero attached hydrogens (tertiary/aromatic N) is 1. The molecule has 0 bridgehead atoms. The van der Waals surface area contributed by atoms with E-state index in [2.05, 4.69) is 10.3 Å². The van der Waals surface area contributed by atoms with Crippen LogP contribution in [-0.2, 0) is 12.2 Å². The summed E-state index contributed by atoms with van der Waals surface area (Å²) in [6, 6.07) is 14.7. The fourth-order valence-corrected chi connectivity index (χ4v) is 3.98. The molecule has 0 aliphatic carbocycles. The quantitative estimate of drug-likeness (QED) is 0.614. The van der Waals surface area contributed by atoms with E-state index in [0.717, 1.165) is 21.9 Å². The van der Waals surface area contributed by atoms with Gasteiger partial charge in [-0.2, -0.15) is 0 Å². The zero-order chi connectivity index (χ0) is 17.5. The number of thiazole rings is 1. The molecule has 2 N–H and O–H groups in total. The van der Waals surface area contributed by atoms with Crippen molar-refractivity contribution in [2.45, 2.75) is 17.1 Å². The summed E-state index contributed by atoms with van der Waals surface area (Å²) < 4.78 is 0. The van der Waals surface area contributed by atoms with E-state index in [9.17, 15) is 9.90 Å². The SMILES string of the molecule is O=C(NCCc1cccc(O)c1)c1ccccc1SCc1cscn1. The number of carbonyl (C=O) groups excluding carboxylic acids is 1. The molecule has 0 aliphatic rings. The Hall–Kier alpha value is -2.31. The first-order valence-corrected chi connectivity index (χ1v) is 9.80. The molecule has 1 heterocycles. The second kappa shape index (κ2) is 8.69. The Morgan fingerprint density at radius 3 is 2.88 bits per heavy atom. The first-order chi connectivity index (χ1) is 12.2. The lowest BCUT2D eigenvalue weighted by molar-refractivity contribution is 0.0951. The second-order valence-electron chi connectivity index (χ2n) is 5.44. The second-order valence-corrected chi connectivity index (χ2v) is 7.18. The summed E-state index contributed by atoms with van der Waals surface area (Å²) in [6.45, 7) is 0.521. The van der Waals surface area contributed by atoms with Crippen molar-refractivity contribution in [2.75, 3.05) is 6.54 Å². The number of hydrogen-bond donors (Lipinski definition) is 2. The summed E-state index contributed by atoms with van der Waals surface area (Å²) in [5.74, 6) is 0.908. The smallest absolute Gasteiger partial charge is 0.252 e. The van der Waals surface area contributed by atoms with Gasteiger partial charge in [-0.25, -0.2) is 4.98 Å². The summed E-state index contributed by atoms with van der Waals surface area (Å²) in [7, 11) is 0. The van der Waals surface area contributed by atoms with Crippen LogP contribution in [0.25, 0.3) is 0 Å². The Morgan fingerprint density at radius 2 is 2.08 bits per heavy atom. The van der Waals surface area contributed by atoms with Crippen LogP contribution in [0.5, 0.6) is 5.75 Å². The lowest BCUT2D eigenvalue weighted by Gasteiger charge is -2.10. The third-order valence-corrected chi connectivity index (χ3v) is 5.34. The maximum absolute atomic E-state index is 12.5. The first-order valence-electron chi connectivity index (χ1n) is 7.87. The van der Waals surface area contributed by atoms with Gasteiger partial charge >= 0.3 is 0 Å². The van der Waals surface area contributed by atoms with Gasteiger partial charge in [-0.1, -0.05) is 24.3 Å². The van der Waals surface area contributed by atoms with E-state index in [1.165, 1.54) is 0 Å². The number of amides is 1. The molecule has 0 saturated heterocycles. The summed E-state index contributed by atoms with van der Waals surface area (Å²) >= 11 is 3.19. The van der Waals surface area contributed by atoms with Gasteiger partial charge in [0.15, 0.2) is 0 Å². The molecule has 0 unspecified atom stereocenters. The highest BCUT2D eigenvalue weighted by molar-refractivity contribution is 7.98. The zero-order valence-electron chi connectivity index (χ0n) is 13.5. The Morgan fingerprint density at radius 1 is 1.20 bits per heavy atom. The molecule has 4 nitrogen and oxygen atoms in total. The summed E-state index contributed by atoms with van der Waals surface area (Å²) in [5, 5.41) is 14.5. The molecule has 1 aromatic heterocycles. The van der Waals surface area contributed by atoms with E-state index in [0.29, 0.717) is 18.5 Å². The van der Waals surface area contributed by atoms with Crippen LogP contribution in [0, 0.1) is 0 Å². The third-order valence-electron chi connectivity index (χ3n) is 3.60. The predicted octanol–water partition coefficient (Wildman–Crippen LogP) is 4.11. The molecule has 3 rings (SSSR count). The lowest BCUT2D eigenvalue weighted by atomic mass is 10.1. The first kappa shape index (κ1) is 17.5. The van der Waals surface area contributed by atoms with Crippen molar-refractivity contribution in [3.8, 4) is 5.75 Å². The summed E-state index contributed by atoms with van der Waals surface area (Å²) in [4.78, 5) is 17.7. The van der Waals surface area contributed by atoms with E-state index in [1.807, 2.05) is 41.2 Å². The molecule has 25 heavy (non-hydrogen) atoms. The Kier molecular flexibility index (Phi) is 6.09. The van der Waals surface area contributed by atoms with Crippen molar-refractivity contribution in [1.29, 1.82) is 0 Å². The maximum Gasteiger partial charge on any atom is 0.252 e. The van der Waals surface area contributed by atoms with E-state index in [1.54, 1.807) is 41.3 Å². The van der Waals surface area contributed by atoms with Gasteiger partial charge in [-0.3, -0.25) is 4.79 Å². The molecule has 0 radical (unpaired) electrons. The molecule has 0 saturated carbocycles. The molecule has 1 amide bonds. The normalized spacial score (nSPS) is 10.6. The van der Waals surface area contributed by atoms with Crippen LogP contribution in [0.4, 0.5) is 0 Å². The van der Waals surface area contributed by atoms with Crippen LogP contribution in [0.2, 0.25) is 0 Å². The van der Waals surface area contributed by atoms with Crippen molar-refractivity contribution in [1.82, 2.24) is 10.3 Å². The number of hydrogen-bond acceptors (Lipinski definition) is 5. The monoisotopic (exact) mass is 370 g/mol. The largest absolute Gasteiger partial charge is 0.508 e. The molecule has 0 atom stereocenters.